The Morgan fingerprint density at radius 3 is 2.20 bits per heavy atom. The molecule has 0 unspecified atom stereocenters. The molecule has 0 saturated heterocycles. The molecule has 0 amide bonds. The van der Waals surface area contributed by atoms with Crippen LogP contribution in [0.1, 0.15) is 25.7 Å². The third-order valence-electron chi connectivity index (χ3n) is 3.32. The number of carboxylic acids is 1. The lowest BCUT2D eigenvalue weighted by molar-refractivity contribution is -0.150. The number of carbonyl (C=O) groups is 1. The summed E-state index contributed by atoms with van der Waals surface area (Å²) in [6.07, 6.45) is 2.11. The number of nitrogens with two attached hydrogens (primary N) is 1. The summed E-state index contributed by atoms with van der Waals surface area (Å²) in [5.41, 5.74) is 4.34. The van der Waals surface area contributed by atoms with Gasteiger partial charge in [0.25, 0.3) is 0 Å². The van der Waals surface area contributed by atoms with Crippen molar-refractivity contribution in [2.45, 2.75) is 36.8 Å². The minimum atomic E-state index is -1.09. The van der Waals surface area contributed by atoms with Gasteiger partial charge in [0.05, 0.1) is 12.2 Å². The number of ether oxygens (including phenoxy) is 2. The lowest BCUT2D eigenvalue weighted by Gasteiger charge is -2.41. The molecule has 88 valence electrons. The normalized spacial score (nSPS) is 36.5. The van der Waals surface area contributed by atoms with Crippen LogP contribution in [0.5, 0.6) is 0 Å². The van der Waals surface area contributed by atoms with Gasteiger partial charge in [-0.2, -0.15) is 0 Å². The maximum atomic E-state index is 10.9. The highest BCUT2D eigenvalue weighted by Gasteiger charge is 2.45. The van der Waals surface area contributed by atoms with E-state index in [4.69, 9.17) is 20.3 Å². The molecule has 1 aliphatic rings. The van der Waals surface area contributed by atoms with E-state index in [-0.39, 0.29) is 5.60 Å². The van der Waals surface area contributed by atoms with E-state index in [1.165, 1.54) is 0 Å². The summed E-state index contributed by atoms with van der Waals surface area (Å²) in [4.78, 5) is 10.9. The van der Waals surface area contributed by atoms with Gasteiger partial charge in [0, 0.05) is 14.2 Å². The molecule has 0 aliphatic heterocycles. The summed E-state index contributed by atoms with van der Waals surface area (Å²) in [7, 11) is 3.24. The molecule has 15 heavy (non-hydrogen) atoms. The van der Waals surface area contributed by atoms with Gasteiger partial charge in [0.1, 0.15) is 5.54 Å². The van der Waals surface area contributed by atoms with Crippen molar-refractivity contribution in [3.8, 4) is 0 Å². The topological polar surface area (TPSA) is 81.8 Å². The van der Waals surface area contributed by atoms with Gasteiger partial charge in [0.2, 0.25) is 0 Å². The average Bonchev–Trinajstić information content (AvgIpc) is 2.22. The molecule has 1 fully saturated rings. The molecule has 1 aliphatic carbocycles. The summed E-state index contributed by atoms with van der Waals surface area (Å²) in [6.45, 7) is 0.485. The first kappa shape index (κ1) is 12.4. The third-order valence-corrected chi connectivity index (χ3v) is 3.32. The molecule has 0 atom stereocenters. The van der Waals surface area contributed by atoms with E-state index in [9.17, 15) is 4.79 Å². The molecule has 0 bridgehead atoms. The highest BCUT2D eigenvalue weighted by atomic mass is 16.5. The van der Waals surface area contributed by atoms with Crippen molar-refractivity contribution in [3.05, 3.63) is 0 Å². The lowest BCUT2D eigenvalue weighted by Crippen LogP contribution is -2.55. The van der Waals surface area contributed by atoms with Gasteiger partial charge in [-0.25, -0.2) is 0 Å². The van der Waals surface area contributed by atoms with E-state index in [1.807, 2.05) is 0 Å². The maximum absolute atomic E-state index is 10.9. The zero-order valence-electron chi connectivity index (χ0n) is 9.28. The summed E-state index contributed by atoms with van der Waals surface area (Å²) in [6, 6.07) is 0. The Hall–Kier alpha value is -0.650. The Morgan fingerprint density at radius 1 is 1.33 bits per heavy atom. The van der Waals surface area contributed by atoms with Crippen LogP contribution in [-0.4, -0.2) is 43.0 Å². The van der Waals surface area contributed by atoms with E-state index in [2.05, 4.69) is 0 Å². The first-order valence-electron chi connectivity index (χ1n) is 5.04. The molecule has 0 heterocycles. The zero-order chi connectivity index (χ0) is 11.5. The van der Waals surface area contributed by atoms with Crippen molar-refractivity contribution in [2.75, 3.05) is 20.8 Å². The summed E-state index contributed by atoms with van der Waals surface area (Å²) in [5.74, 6) is -0.926. The molecule has 0 radical (unpaired) electrons. The predicted molar refractivity (Wildman–Crippen MR) is 54.6 cm³/mol. The predicted octanol–water partition coefficient (Wildman–Crippen LogP) is 0.374. The van der Waals surface area contributed by atoms with Gasteiger partial charge < -0.3 is 20.3 Å². The van der Waals surface area contributed by atoms with Crippen LogP contribution in [0.4, 0.5) is 0 Å². The Morgan fingerprint density at radius 2 is 1.87 bits per heavy atom. The van der Waals surface area contributed by atoms with Crippen LogP contribution in [0.2, 0.25) is 0 Å². The van der Waals surface area contributed by atoms with Gasteiger partial charge in [0.15, 0.2) is 0 Å². The molecular formula is C10H19NO4. The minimum absolute atomic E-state index is 0.354. The Balaban J connectivity index is 2.64. The molecule has 1 rings (SSSR count). The van der Waals surface area contributed by atoms with Crippen molar-refractivity contribution in [1.82, 2.24) is 0 Å². The van der Waals surface area contributed by atoms with Gasteiger partial charge >= 0.3 is 5.97 Å². The van der Waals surface area contributed by atoms with E-state index in [0.717, 1.165) is 0 Å². The quantitative estimate of drug-likeness (QED) is 0.711. The van der Waals surface area contributed by atoms with Crippen LogP contribution >= 0.6 is 0 Å². The summed E-state index contributed by atoms with van der Waals surface area (Å²) >= 11 is 0. The molecule has 1 saturated carbocycles. The van der Waals surface area contributed by atoms with Crippen molar-refractivity contribution in [1.29, 1.82) is 0 Å². The number of rotatable bonds is 4. The fourth-order valence-electron chi connectivity index (χ4n) is 2.04. The van der Waals surface area contributed by atoms with Crippen LogP contribution in [0.15, 0.2) is 0 Å². The SMILES string of the molecule is COC[C@]1(OC)CC[C@@](N)(C(=O)O)CC1. The molecule has 5 heteroatoms. The first-order valence-corrected chi connectivity index (χ1v) is 5.04. The lowest BCUT2D eigenvalue weighted by atomic mass is 9.74. The smallest absolute Gasteiger partial charge is 0.323 e. The molecular weight excluding hydrogens is 198 g/mol. The number of aliphatic carboxylic acids is 1. The molecule has 0 spiro atoms. The number of methoxy groups -OCH3 is 2. The van der Waals surface area contributed by atoms with Crippen LogP contribution < -0.4 is 5.73 Å². The fourth-order valence-corrected chi connectivity index (χ4v) is 2.04. The van der Waals surface area contributed by atoms with E-state index < -0.39 is 11.5 Å². The summed E-state index contributed by atoms with van der Waals surface area (Å²) in [5, 5.41) is 8.97. The molecule has 5 nitrogen and oxygen atoms in total. The number of carboxylic acid groups (broad SMARTS) is 1. The van der Waals surface area contributed by atoms with E-state index in [0.29, 0.717) is 32.3 Å². The van der Waals surface area contributed by atoms with Crippen molar-refractivity contribution < 1.29 is 19.4 Å². The van der Waals surface area contributed by atoms with Gasteiger partial charge in [-0.1, -0.05) is 0 Å². The third kappa shape index (κ3) is 2.48. The maximum Gasteiger partial charge on any atom is 0.323 e. The second-order valence-corrected chi connectivity index (χ2v) is 4.28. The Bertz CT molecular complexity index is 234. The minimum Gasteiger partial charge on any atom is -0.480 e. The monoisotopic (exact) mass is 217 g/mol. The first-order chi connectivity index (χ1) is 6.98. The van der Waals surface area contributed by atoms with Gasteiger partial charge in [-0.15, -0.1) is 0 Å². The second-order valence-electron chi connectivity index (χ2n) is 4.28. The highest BCUT2D eigenvalue weighted by Crippen LogP contribution is 2.36. The number of hydrogen-bond donors (Lipinski definition) is 2. The highest BCUT2D eigenvalue weighted by molar-refractivity contribution is 5.78. The van der Waals surface area contributed by atoms with Crippen LogP contribution in [0.25, 0.3) is 0 Å². The molecule has 0 aromatic rings. The van der Waals surface area contributed by atoms with E-state index in [1.54, 1.807) is 14.2 Å². The molecule has 0 aromatic heterocycles. The standard InChI is InChI=1S/C10H19NO4/c1-14-7-9(15-2)3-5-10(11,6-4-9)8(12)13/h3-7,11H2,1-2H3,(H,12,13)/t9-,10-. The van der Waals surface area contributed by atoms with Crippen LogP contribution in [0.3, 0.4) is 0 Å². The van der Waals surface area contributed by atoms with Crippen LogP contribution in [-0.2, 0) is 14.3 Å². The number of hydrogen-bond acceptors (Lipinski definition) is 4. The average molecular weight is 217 g/mol. The Labute approximate surface area is 89.5 Å². The van der Waals surface area contributed by atoms with Gasteiger partial charge in [-0.3, -0.25) is 4.79 Å². The van der Waals surface area contributed by atoms with E-state index >= 15 is 0 Å². The summed E-state index contributed by atoms with van der Waals surface area (Å²) < 4.78 is 10.5. The fraction of sp³-hybridized carbons (Fsp3) is 0.900. The molecule has 0 aromatic carbocycles. The van der Waals surface area contributed by atoms with Crippen molar-refractivity contribution in [3.63, 3.8) is 0 Å². The molecule has 3 N–H and O–H groups in total. The van der Waals surface area contributed by atoms with Crippen molar-refractivity contribution in [2.24, 2.45) is 5.73 Å². The van der Waals surface area contributed by atoms with Gasteiger partial charge in [-0.05, 0) is 25.7 Å². The zero-order valence-corrected chi connectivity index (χ0v) is 9.28. The van der Waals surface area contributed by atoms with Crippen molar-refractivity contribution >= 4 is 5.97 Å². The second kappa shape index (κ2) is 4.47. The Kier molecular flexibility index (Phi) is 3.70. The largest absolute Gasteiger partial charge is 0.480 e. The van der Waals surface area contributed by atoms with Crippen LogP contribution in [0, 0.1) is 0 Å².